The Morgan fingerprint density at radius 3 is 1.38 bits per heavy atom. The zero-order chi connectivity index (χ0) is 17.6. The highest BCUT2D eigenvalue weighted by atomic mass is 35.5. The highest BCUT2D eigenvalue weighted by molar-refractivity contribution is 4.54. The molecule has 0 rings (SSSR count). The lowest BCUT2D eigenvalue weighted by atomic mass is 10.0. The fraction of sp³-hybridized carbons (Fsp3) is 1.00. The molecular formula is C21H47ClN2. The Hall–Kier alpha value is 0.210. The van der Waals surface area contributed by atoms with Crippen LogP contribution >= 0.6 is 0 Å². The zero-order valence-corrected chi connectivity index (χ0v) is 18.5. The molecule has 0 aliphatic carbocycles. The molecule has 0 bridgehead atoms. The second kappa shape index (κ2) is 16.7. The van der Waals surface area contributed by atoms with Crippen molar-refractivity contribution in [1.82, 2.24) is 4.90 Å². The smallest absolute Gasteiger partial charge is 0.144 e. The predicted molar refractivity (Wildman–Crippen MR) is 106 cm³/mol. The van der Waals surface area contributed by atoms with Gasteiger partial charge in [0, 0.05) is 6.42 Å². The highest BCUT2D eigenvalue weighted by Crippen LogP contribution is 2.16. The summed E-state index contributed by atoms with van der Waals surface area (Å²) in [5, 5.41) is 0. The van der Waals surface area contributed by atoms with E-state index in [1.54, 1.807) is 0 Å². The third-order valence-corrected chi connectivity index (χ3v) is 5.36. The summed E-state index contributed by atoms with van der Waals surface area (Å²) in [6, 6.07) is 0. The first kappa shape index (κ1) is 26.4. The highest BCUT2D eigenvalue weighted by Gasteiger charge is 2.27. The number of quaternary nitrogens is 1. The molecule has 1 atom stereocenters. The maximum Gasteiger partial charge on any atom is 0.144 e. The third kappa shape index (κ3) is 13.5. The van der Waals surface area contributed by atoms with Crippen molar-refractivity contribution in [2.45, 2.75) is 103 Å². The van der Waals surface area contributed by atoms with E-state index < -0.39 is 0 Å². The summed E-state index contributed by atoms with van der Waals surface area (Å²) in [6.45, 7) is 5.92. The quantitative estimate of drug-likeness (QED) is 0.232. The number of hydrogen-bond donors (Lipinski definition) is 0. The standard InChI is InChI=1S/C21H47N2.ClH/c1-7-9-10-11-12-13-14-15-16-17-18-19-20-23(5,6)21(8-2)22(3)4;/h21H,7-20H2,1-6H3;1H/q+1;/p-1. The summed E-state index contributed by atoms with van der Waals surface area (Å²) in [6.07, 6.45) is 19.2. The minimum absolute atomic E-state index is 0. The largest absolute Gasteiger partial charge is 1.00 e. The van der Waals surface area contributed by atoms with Gasteiger partial charge in [-0.3, -0.25) is 4.90 Å². The lowest BCUT2D eigenvalue weighted by molar-refractivity contribution is -0.926. The van der Waals surface area contributed by atoms with Gasteiger partial charge in [-0.05, 0) is 26.9 Å². The van der Waals surface area contributed by atoms with Gasteiger partial charge < -0.3 is 16.9 Å². The molecule has 0 aromatic carbocycles. The van der Waals surface area contributed by atoms with Gasteiger partial charge in [0.2, 0.25) is 0 Å². The Morgan fingerprint density at radius 1 is 0.667 bits per heavy atom. The fourth-order valence-electron chi connectivity index (χ4n) is 3.99. The van der Waals surface area contributed by atoms with Crippen LogP contribution in [0, 0.1) is 0 Å². The van der Waals surface area contributed by atoms with E-state index in [1.165, 1.54) is 90.0 Å². The molecule has 2 nitrogen and oxygen atoms in total. The van der Waals surface area contributed by atoms with E-state index >= 15 is 0 Å². The van der Waals surface area contributed by atoms with Gasteiger partial charge in [-0.1, -0.05) is 78.1 Å². The van der Waals surface area contributed by atoms with Crippen molar-refractivity contribution in [2.24, 2.45) is 0 Å². The average molecular weight is 363 g/mol. The summed E-state index contributed by atoms with van der Waals surface area (Å²) in [4.78, 5) is 2.39. The second-order valence-corrected chi connectivity index (χ2v) is 8.24. The monoisotopic (exact) mass is 362 g/mol. The van der Waals surface area contributed by atoms with Crippen LogP contribution in [-0.2, 0) is 0 Å². The molecule has 0 radical (unpaired) electrons. The van der Waals surface area contributed by atoms with Crippen LogP contribution in [0.4, 0.5) is 0 Å². The molecule has 3 heteroatoms. The van der Waals surface area contributed by atoms with Gasteiger partial charge in [0.05, 0.1) is 20.6 Å². The number of unbranched alkanes of at least 4 members (excludes halogenated alkanes) is 11. The Kier molecular flexibility index (Phi) is 18.4. The van der Waals surface area contributed by atoms with Crippen molar-refractivity contribution in [3.8, 4) is 0 Å². The van der Waals surface area contributed by atoms with E-state index in [4.69, 9.17) is 0 Å². The molecule has 0 aromatic heterocycles. The Morgan fingerprint density at radius 2 is 1.04 bits per heavy atom. The van der Waals surface area contributed by atoms with Crippen molar-refractivity contribution < 1.29 is 16.9 Å². The average Bonchev–Trinajstić information content (AvgIpc) is 2.48. The van der Waals surface area contributed by atoms with E-state index in [1.807, 2.05) is 0 Å². The minimum Gasteiger partial charge on any atom is -1.00 e. The molecule has 0 saturated carbocycles. The number of hydrogen-bond acceptors (Lipinski definition) is 1. The first-order valence-corrected chi connectivity index (χ1v) is 10.4. The normalized spacial score (nSPS) is 13.1. The molecule has 0 spiro atoms. The second-order valence-electron chi connectivity index (χ2n) is 8.24. The first-order valence-electron chi connectivity index (χ1n) is 10.4. The topological polar surface area (TPSA) is 3.24 Å². The van der Waals surface area contributed by atoms with E-state index in [9.17, 15) is 0 Å². The molecule has 0 aliphatic heterocycles. The molecule has 0 saturated heterocycles. The Bertz CT molecular complexity index is 254. The van der Waals surface area contributed by atoms with Gasteiger partial charge in [0.25, 0.3) is 0 Å². The summed E-state index contributed by atoms with van der Waals surface area (Å²) in [5.74, 6) is 0. The van der Waals surface area contributed by atoms with Crippen LogP contribution in [0.25, 0.3) is 0 Å². The summed E-state index contributed by atoms with van der Waals surface area (Å²) < 4.78 is 1.14. The van der Waals surface area contributed by atoms with Gasteiger partial charge in [-0.25, -0.2) is 0 Å². The van der Waals surface area contributed by atoms with Gasteiger partial charge in [-0.2, -0.15) is 0 Å². The van der Waals surface area contributed by atoms with Crippen molar-refractivity contribution in [1.29, 1.82) is 0 Å². The van der Waals surface area contributed by atoms with Crippen molar-refractivity contribution in [3.63, 3.8) is 0 Å². The predicted octanol–water partition coefficient (Wildman–Crippen LogP) is 3.07. The maximum absolute atomic E-state index is 2.40. The third-order valence-electron chi connectivity index (χ3n) is 5.36. The van der Waals surface area contributed by atoms with Gasteiger partial charge in [0.15, 0.2) is 0 Å². The molecule has 0 fully saturated rings. The number of nitrogens with zero attached hydrogens (tertiary/aromatic N) is 2. The van der Waals surface area contributed by atoms with Crippen molar-refractivity contribution in [3.05, 3.63) is 0 Å². The summed E-state index contributed by atoms with van der Waals surface area (Å²) >= 11 is 0. The fourth-order valence-corrected chi connectivity index (χ4v) is 3.99. The molecule has 0 N–H and O–H groups in total. The lowest BCUT2D eigenvalue weighted by Gasteiger charge is -2.41. The van der Waals surface area contributed by atoms with Crippen LogP contribution in [0.15, 0.2) is 0 Å². The summed E-state index contributed by atoms with van der Waals surface area (Å²) in [7, 11) is 9.23. The molecule has 0 aromatic rings. The van der Waals surface area contributed by atoms with Gasteiger partial charge in [0.1, 0.15) is 6.17 Å². The molecule has 0 heterocycles. The molecule has 148 valence electrons. The van der Waals surface area contributed by atoms with E-state index in [0.717, 1.165) is 4.48 Å². The molecule has 24 heavy (non-hydrogen) atoms. The van der Waals surface area contributed by atoms with Crippen molar-refractivity contribution in [2.75, 3.05) is 34.7 Å². The molecule has 1 unspecified atom stereocenters. The zero-order valence-electron chi connectivity index (χ0n) is 17.7. The molecule has 0 aliphatic rings. The minimum atomic E-state index is 0. The van der Waals surface area contributed by atoms with E-state index in [0.29, 0.717) is 6.17 Å². The van der Waals surface area contributed by atoms with Gasteiger partial charge >= 0.3 is 0 Å². The van der Waals surface area contributed by atoms with Crippen LogP contribution in [0.3, 0.4) is 0 Å². The van der Waals surface area contributed by atoms with Crippen LogP contribution in [0.2, 0.25) is 0 Å². The number of rotatable bonds is 16. The van der Waals surface area contributed by atoms with E-state index in [2.05, 4.69) is 46.9 Å². The summed E-state index contributed by atoms with van der Waals surface area (Å²) in [5.41, 5.74) is 0. The van der Waals surface area contributed by atoms with Crippen LogP contribution in [-0.4, -0.2) is 50.3 Å². The Balaban J connectivity index is 0. The first-order chi connectivity index (χ1) is 11.0. The lowest BCUT2D eigenvalue weighted by Crippen LogP contribution is -3.00. The molecular weight excluding hydrogens is 316 g/mol. The van der Waals surface area contributed by atoms with Gasteiger partial charge in [-0.15, -0.1) is 0 Å². The number of halogens is 1. The molecule has 0 amide bonds. The Labute approximate surface area is 160 Å². The van der Waals surface area contributed by atoms with E-state index in [-0.39, 0.29) is 12.4 Å². The van der Waals surface area contributed by atoms with Crippen molar-refractivity contribution >= 4 is 0 Å². The van der Waals surface area contributed by atoms with Crippen LogP contribution < -0.4 is 12.4 Å². The SMILES string of the molecule is CCCCCCCCCCCCCC[N+](C)(C)C(CC)N(C)C.[Cl-]. The van der Waals surface area contributed by atoms with Crippen LogP contribution in [0.5, 0.6) is 0 Å². The maximum atomic E-state index is 2.40. The van der Waals surface area contributed by atoms with Crippen LogP contribution in [0.1, 0.15) is 97.3 Å².